The molecule has 1 amide bonds. The molecule has 0 atom stereocenters. The minimum atomic E-state index is -1.02. The number of nitrogens with one attached hydrogen (secondary N) is 1. The molecular formula is C17H23NO3. The quantitative estimate of drug-likeness (QED) is 0.829. The standard InChI is InChI=1S/C17H23NO3/c19-16(12-6-9-13-7-2-1-3-8-13)18-15-11-5-4-10-14(15)17(20)21/h4-5,10-11,13H,1-3,6-9,12H2,(H,18,19)(H,20,21). The number of hydrogen-bond donors (Lipinski definition) is 2. The van der Waals surface area contributed by atoms with Gasteiger partial charge in [0.1, 0.15) is 0 Å². The summed E-state index contributed by atoms with van der Waals surface area (Å²) in [5, 5.41) is 11.8. The molecule has 1 aromatic carbocycles. The molecule has 0 aromatic heterocycles. The van der Waals surface area contributed by atoms with Crippen LogP contribution in [-0.4, -0.2) is 17.0 Å². The lowest BCUT2D eigenvalue weighted by molar-refractivity contribution is -0.116. The van der Waals surface area contributed by atoms with Crippen LogP contribution >= 0.6 is 0 Å². The first-order valence-electron chi connectivity index (χ1n) is 7.79. The summed E-state index contributed by atoms with van der Waals surface area (Å²) in [5.41, 5.74) is 0.519. The van der Waals surface area contributed by atoms with E-state index in [0.717, 1.165) is 18.8 Å². The van der Waals surface area contributed by atoms with Crippen molar-refractivity contribution < 1.29 is 14.7 Å². The van der Waals surface area contributed by atoms with Crippen LogP contribution in [0.3, 0.4) is 0 Å². The van der Waals surface area contributed by atoms with E-state index >= 15 is 0 Å². The maximum absolute atomic E-state index is 11.9. The molecule has 0 bridgehead atoms. The molecule has 0 unspecified atom stereocenters. The predicted octanol–water partition coefficient (Wildman–Crippen LogP) is 4.07. The fourth-order valence-corrected chi connectivity index (χ4v) is 3.02. The third kappa shape index (κ3) is 4.88. The Morgan fingerprint density at radius 1 is 1.14 bits per heavy atom. The van der Waals surface area contributed by atoms with Crippen LogP contribution in [0.5, 0.6) is 0 Å². The zero-order chi connectivity index (χ0) is 15.1. The monoisotopic (exact) mass is 289 g/mol. The van der Waals surface area contributed by atoms with Gasteiger partial charge in [0.2, 0.25) is 5.91 Å². The molecule has 4 nitrogen and oxygen atoms in total. The van der Waals surface area contributed by atoms with Gasteiger partial charge in [0, 0.05) is 6.42 Å². The summed E-state index contributed by atoms with van der Waals surface area (Å²) >= 11 is 0. The number of rotatable bonds is 6. The van der Waals surface area contributed by atoms with Crippen LogP contribution in [0.4, 0.5) is 5.69 Å². The molecule has 1 fully saturated rings. The number of para-hydroxylation sites is 1. The fraction of sp³-hybridized carbons (Fsp3) is 0.529. The Kier molecular flexibility index (Phi) is 5.78. The first-order chi connectivity index (χ1) is 10.2. The number of carbonyl (C=O) groups excluding carboxylic acids is 1. The van der Waals surface area contributed by atoms with Crippen LogP contribution in [0.1, 0.15) is 61.7 Å². The van der Waals surface area contributed by atoms with E-state index in [1.54, 1.807) is 18.2 Å². The number of amides is 1. The van der Waals surface area contributed by atoms with Crippen molar-refractivity contribution in [3.05, 3.63) is 29.8 Å². The Labute approximate surface area is 125 Å². The highest BCUT2D eigenvalue weighted by Gasteiger charge is 2.15. The molecule has 0 heterocycles. The summed E-state index contributed by atoms with van der Waals surface area (Å²) in [6, 6.07) is 6.51. The van der Waals surface area contributed by atoms with Crippen molar-refractivity contribution in [2.45, 2.75) is 51.4 Å². The summed E-state index contributed by atoms with van der Waals surface area (Å²) in [5.74, 6) is -0.342. The average molecular weight is 289 g/mol. The highest BCUT2D eigenvalue weighted by Crippen LogP contribution is 2.27. The number of anilines is 1. The van der Waals surface area contributed by atoms with Crippen molar-refractivity contribution in [2.24, 2.45) is 5.92 Å². The van der Waals surface area contributed by atoms with Crippen LogP contribution in [0.15, 0.2) is 24.3 Å². The third-order valence-electron chi connectivity index (χ3n) is 4.17. The first-order valence-corrected chi connectivity index (χ1v) is 7.79. The van der Waals surface area contributed by atoms with Gasteiger partial charge in [-0.15, -0.1) is 0 Å². The second-order valence-corrected chi connectivity index (χ2v) is 5.80. The molecule has 0 aliphatic heterocycles. The van der Waals surface area contributed by atoms with E-state index in [4.69, 9.17) is 5.11 Å². The Morgan fingerprint density at radius 2 is 1.86 bits per heavy atom. The van der Waals surface area contributed by atoms with Crippen molar-refractivity contribution in [3.63, 3.8) is 0 Å². The molecule has 1 aliphatic rings. The van der Waals surface area contributed by atoms with E-state index in [0.29, 0.717) is 12.1 Å². The number of carboxylic acids is 1. The average Bonchev–Trinajstić information content (AvgIpc) is 2.48. The maximum atomic E-state index is 11.9. The van der Waals surface area contributed by atoms with Gasteiger partial charge in [-0.2, -0.15) is 0 Å². The molecule has 0 saturated heterocycles. The lowest BCUT2D eigenvalue weighted by Gasteiger charge is -2.21. The molecule has 4 heteroatoms. The van der Waals surface area contributed by atoms with Crippen LogP contribution in [0, 0.1) is 5.92 Å². The topological polar surface area (TPSA) is 66.4 Å². The van der Waals surface area contributed by atoms with E-state index in [1.807, 2.05) is 0 Å². The molecule has 21 heavy (non-hydrogen) atoms. The Hall–Kier alpha value is -1.84. The molecule has 1 aliphatic carbocycles. The fourth-order valence-electron chi connectivity index (χ4n) is 3.02. The molecule has 0 radical (unpaired) electrons. The SMILES string of the molecule is O=C(CCCC1CCCCC1)Nc1ccccc1C(=O)O. The third-order valence-corrected chi connectivity index (χ3v) is 4.17. The van der Waals surface area contributed by atoms with Gasteiger partial charge in [-0.1, -0.05) is 44.2 Å². The van der Waals surface area contributed by atoms with Crippen LogP contribution in [0.25, 0.3) is 0 Å². The van der Waals surface area contributed by atoms with Crippen molar-refractivity contribution in [1.29, 1.82) is 0 Å². The largest absolute Gasteiger partial charge is 0.478 e. The minimum absolute atomic E-state index is 0.0977. The van der Waals surface area contributed by atoms with Gasteiger partial charge in [-0.3, -0.25) is 4.79 Å². The van der Waals surface area contributed by atoms with Gasteiger partial charge >= 0.3 is 5.97 Å². The number of benzene rings is 1. The zero-order valence-electron chi connectivity index (χ0n) is 12.3. The lowest BCUT2D eigenvalue weighted by Crippen LogP contribution is -2.15. The Bertz CT molecular complexity index is 493. The van der Waals surface area contributed by atoms with Crippen LogP contribution in [0.2, 0.25) is 0 Å². The van der Waals surface area contributed by atoms with Gasteiger partial charge in [0.25, 0.3) is 0 Å². The van der Waals surface area contributed by atoms with Gasteiger partial charge in [0.15, 0.2) is 0 Å². The summed E-state index contributed by atoms with van der Waals surface area (Å²) in [4.78, 5) is 23.0. The Morgan fingerprint density at radius 3 is 2.57 bits per heavy atom. The minimum Gasteiger partial charge on any atom is -0.478 e. The van der Waals surface area contributed by atoms with E-state index in [2.05, 4.69) is 5.32 Å². The highest BCUT2D eigenvalue weighted by atomic mass is 16.4. The zero-order valence-corrected chi connectivity index (χ0v) is 12.3. The van der Waals surface area contributed by atoms with Crippen molar-refractivity contribution >= 4 is 17.6 Å². The van der Waals surface area contributed by atoms with Crippen molar-refractivity contribution in [3.8, 4) is 0 Å². The smallest absolute Gasteiger partial charge is 0.337 e. The van der Waals surface area contributed by atoms with Gasteiger partial charge in [-0.05, 0) is 30.9 Å². The number of carbonyl (C=O) groups is 2. The summed E-state index contributed by atoms with van der Waals surface area (Å²) in [6.45, 7) is 0. The van der Waals surface area contributed by atoms with E-state index < -0.39 is 5.97 Å². The molecule has 114 valence electrons. The first kappa shape index (κ1) is 15.5. The molecule has 0 spiro atoms. The summed E-state index contributed by atoms with van der Waals surface area (Å²) in [6.07, 6.45) is 9.03. The maximum Gasteiger partial charge on any atom is 0.337 e. The molecule has 1 aromatic rings. The summed E-state index contributed by atoms with van der Waals surface area (Å²) < 4.78 is 0. The van der Waals surface area contributed by atoms with E-state index in [9.17, 15) is 9.59 Å². The summed E-state index contributed by atoms with van der Waals surface area (Å²) in [7, 11) is 0. The molecule has 1 saturated carbocycles. The molecular weight excluding hydrogens is 266 g/mol. The highest BCUT2D eigenvalue weighted by molar-refractivity contribution is 6.00. The number of carboxylic acid groups (broad SMARTS) is 1. The van der Waals surface area contributed by atoms with Gasteiger partial charge < -0.3 is 10.4 Å². The second kappa shape index (κ2) is 7.81. The number of aromatic carboxylic acids is 1. The number of hydrogen-bond acceptors (Lipinski definition) is 2. The van der Waals surface area contributed by atoms with Gasteiger partial charge in [-0.25, -0.2) is 4.79 Å². The Balaban J connectivity index is 1.78. The predicted molar refractivity (Wildman–Crippen MR) is 82.5 cm³/mol. The molecule has 2 N–H and O–H groups in total. The normalized spacial score (nSPS) is 15.6. The van der Waals surface area contributed by atoms with Crippen molar-refractivity contribution in [1.82, 2.24) is 0 Å². The van der Waals surface area contributed by atoms with E-state index in [-0.39, 0.29) is 11.5 Å². The second-order valence-electron chi connectivity index (χ2n) is 5.80. The van der Waals surface area contributed by atoms with Gasteiger partial charge in [0.05, 0.1) is 11.3 Å². The van der Waals surface area contributed by atoms with Crippen LogP contribution < -0.4 is 5.32 Å². The van der Waals surface area contributed by atoms with Crippen molar-refractivity contribution in [2.75, 3.05) is 5.32 Å². The molecule has 2 rings (SSSR count). The lowest BCUT2D eigenvalue weighted by atomic mass is 9.86. The van der Waals surface area contributed by atoms with Crippen LogP contribution in [-0.2, 0) is 4.79 Å². The van der Waals surface area contributed by atoms with E-state index in [1.165, 1.54) is 38.2 Å².